The molecule has 1 aromatic carbocycles. The molecule has 1 aliphatic rings. The van der Waals surface area contributed by atoms with Crippen LogP contribution in [0.15, 0.2) is 18.2 Å². The summed E-state index contributed by atoms with van der Waals surface area (Å²) < 4.78 is 5.46. The third kappa shape index (κ3) is 3.19. The third-order valence-electron chi connectivity index (χ3n) is 3.04. The summed E-state index contributed by atoms with van der Waals surface area (Å²) in [5.41, 5.74) is 4.95. The van der Waals surface area contributed by atoms with Gasteiger partial charge in [0.2, 0.25) is 5.91 Å². The van der Waals surface area contributed by atoms with Crippen molar-refractivity contribution in [3.63, 3.8) is 0 Å². The number of nitrogens with zero attached hydrogens (tertiary/aromatic N) is 1. The lowest BCUT2D eigenvalue weighted by Gasteiger charge is -2.12. The Labute approximate surface area is 109 Å². The van der Waals surface area contributed by atoms with Crippen molar-refractivity contribution in [2.75, 3.05) is 13.2 Å². The highest BCUT2D eigenvalue weighted by Crippen LogP contribution is 2.28. The van der Waals surface area contributed by atoms with E-state index in [1.165, 1.54) is 12.1 Å². The molecule has 1 saturated heterocycles. The van der Waals surface area contributed by atoms with Crippen LogP contribution in [0.4, 0.5) is 5.69 Å². The van der Waals surface area contributed by atoms with Gasteiger partial charge >= 0.3 is 5.69 Å². The molecule has 0 saturated carbocycles. The predicted molar refractivity (Wildman–Crippen MR) is 68.1 cm³/mol. The number of nitrogens with one attached hydrogen (secondary N) is 1. The lowest BCUT2D eigenvalue weighted by Crippen LogP contribution is -2.28. The van der Waals surface area contributed by atoms with Crippen LogP contribution < -0.4 is 15.8 Å². The summed E-state index contributed by atoms with van der Waals surface area (Å²) in [5, 5.41) is 14.2. The van der Waals surface area contributed by atoms with Gasteiger partial charge in [-0.1, -0.05) is 0 Å². The number of primary amides is 1. The number of nitro benzene ring substituents is 1. The SMILES string of the molecule is NC(=O)c1ccc(OCC2CCCN2)c([N+](=O)[O-])c1. The van der Waals surface area contributed by atoms with Gasteiger partial charge in [-0.15, -0.1) is 0 Å². The summed E-state index contributed by atoms with van der Waals surface area (Å²) in [7, 11) is 0. The number of carbonyl (C=O) groups is 1. The number of benzene rings is 1. The number of nitro groups is 1. The monoisotopic (exact) mass is 265 g/mol. The second kappa shape index (κ2) is 5.66. The van der Waals surface area contributed by atoms with E-state index in [9.17, 15) is 14.9 Å². The van der Waals surface area contributed by atoms with Crippen LogP contribution in [0.25, 0.3) is 0 Å². The third-order valence-corrected chi connectivity index (χ3v) is 3.04. The fraction of sp³-hybridized carbons (Fsp3) is 0.417. The van der Waals surface area contributed by atoms with Crippen LogP contribution >= 0.6 is 0 Å². The minimum Gasteiger partial charge on any atom is -0.485 e. The van der Waals surface area contributed by atoms with Gasteiger partial charge in [0.25, 0.3) is 0 Å². The number of nitrogens with two attached hydrogens (primary N) is 1. The lowest BCUT2D eigenvalue weighted by molar-refractivity contribution is -0.385. The summed E-state index contributed by atoms with van der Waals surface area (Å²) in [6, 6.07) is 4.19. The van der Waals surface area contributed by atoms with E-state index in [4.69, 9.17) is 10.5 Å². The van der Waals surface area contributed by atoms with Crippen LogP contribution in [-0.4, -0.2) is 30.0 Å². The topological polar surface area (TPSA) is 107 Å². The fourth-order valence-electron chi connectivity index (χ4n) is 2.02. The van der Waals surface area contributed by atoms with Gasteiger partial charge in [-0.3, -0.25) is 14.9 Å². The maximum absolute atomic E-state index is 11.0. The van der Waals surface area contributed by atoms with Crippen LogP contribution in [-0.2, 0) is 0 Å². The van der Waals surface area contributed by atoms with Crippen LogP contribution in [0.1, 0.15) is 23.2 Å². The number of carbonyl (C=O) groups excluding carboxylic acids is 1. The molecule has 1 atom stereocenters. The van der Waals surface area contributed by atoms with E-state index < -0.39 is 10.8 Å². The molecule has 0 spiro atoms. The quantitative estimate of drug-likeness (QED) is 0.605. The van der Waals surface area contributed by atoms with Crippen molar-refractivity contribution in [3.05, 3.63) is 33.9 Å². The largest absolute Gasteiger partial charge is 0.485 e. The molecule has 19 heavy (non-hydrogen) atoms. The number of hydrogen-bond donors (Lipinski definition) is 2. The molecule has 0 aromatic heterocycles. The van der Waals surface area contributed by atoms with Gasteiger partial charge in [-0.25, -0.2) is 0 Å². The number of ether oxygens (including phenoxy) is 1. The first kappa shape index (κ1) is 13.3. The molecular formula is C12H15N3O4. The van der Waals surface area contributed by atoms with Gasteiger partial charge < -0.3 is 15.8 Å². The first-order valence-electron chi connectivity index (χ1n) is 6.02. The van der Waals surface area contributed by atoms with Crippen molar-refractivity contribution < 1.29 is 14.5 Å². The highest BCUT2D eigenvalue weighted by atomic mass is 16.6. The van der Waals surface area contributed by atoms with Crippen LogP contribution in [0.5, 0.6) is 5.75 Å². The van der Waals surface area contributed by atoms with Gasteiger partial charge in [0.05, 0.1) is 4.92 Å². The van der Waals surface area contributed by atoms with Gasteiger partial charge in [0.1, 0.15) is 6.61 Å². The van der Waals surface area contributed by atoms with E-state index in [1.54, 1.807) is 0 Å². The number of amides is 1. The molecule has 1 aromatic rings. The Morgan fingerprint density at radius 2 is 2.37 bits per heavy atom. The zero-order chi connectivity index (χ0) is 13.8. The van der Waals surface area contributed by atoms with E-state index in [0.717, 1.165) is 25.5 Å². The molecule has 1 fully saturated rings. The maximum atomic E-state index is 11.0. The van der Waals surface area contributed by atoms with Crippen molar-refractivity contribution in [2.45, 2.75) is 18.9 Å². The molecular weight excluding hydrogens is 250 g/mol. The van der Waals surface area contributed by atoms with Gasteiger partial charge in [-0.05, 0) is 31.5 Å². The highest BCUT2D eigenvalue weighted by Gasteiger charge is 2.20. The van der Waals surface area contributed by atoms with E-state index in [1.807, 2.05) is 0 Å². The highest BCUT2D eigenvalue weighted by molar-refractivity contribution is 5.93. The second-order valence-corrected chi connectivity index (χ2v) is 4.41. The minimum absolute atomic E-state index is 0.0954. The lowest BCUT2D eigenvalue weighted by atomic mass is 10.2. The van der Waals surface area contributed by atoms with Gasteiger partial charge in [0.15, 0.2) is 5.75 Å². The molecule has 1 unspecified atom stereocenters. The van der Waals surface area contributed by atoms with Crippen LogP contribution in [0.3, 0.4) is 0 Å². The number of hydrogen-bond acceptors (Lipinski definition) is 5. The zero-order valence-electron chi connectivity index (χ0n) is 10.3. The summed E-state index contributed by atoms with van der Waals surface area (Å²) in [6.07, 6.45) is 2.07. The zero-order valence-corrected chi connectivity index (χ0v) is 10.3. The van der Waals surface area contributed by atoms with E-state index >= 15 is 0 Å². The Morgan fingerprint density at radius 3 is 2.95 bits per heavy atom. The summed E-state index contributed by atoms with van der Waals surface area (Å²) in [5.74, 6) is -0.546. The average Bonchev–Trinajstić information content (AvgIpc) is 2.89. The van der Waals surface area contributed by atoms with E-state index in [-0.39, 0.29) is 23.0 Å². The van der Waals surface area contributed by atoms with Gasteiger partial charge in [-0.2, -0.15) is 0 Å². The molecule has 3 N–H and O–H groups in total. The second-order valence-electron chi connectivity index (χ2n) is 4.41. The molecule has 0 radical (unpaired) electrons. The Hall–Kier alpha value is -2.15. The minimum atomic E-state index is -0.702. The smallest absolute Gasteiger partial charge is 0.311 e. The molecule has 1 amide bonds. The standard InChI is InChI=1S/C12H15N3O4/c13-12(16)8-3-4-11(10(6-8)15(17)18)19-7-9-2-1-5-14-9/h3-4,6,9,14H,1-2,5,7H2,(H2,13,16). The molecule has 0 aliphatic carbocycles. The summed E-state index contributed by atoms with van der Waals surface area (Å²) >= 11 is 0. The molecule has 102 valence electrons. The predicted octanol–water partition coefficient (Wildman–Crippen LogP) is 0.824. The molecule has 7 heteroatoms. The van der Waals surface area contributed by atoms with Crippen molar-refractivity contribution >= 4 is 11.6 Å². The van der Waals surface area contributed by atoms with E-state index in [0.29, 0.717) is 6.61 Å². The van der Waals surface area contributed by atoms with Crippen molar-refractivity contribution in [1.82, 2.24) is 5.32 Å². The summed E-state index contributed by atoms with van der Waals surface area (Å²) in [4.78, 5) is 21.4. The Balaban J connectivity index is 2.14. The van der Waals surface area contributed by atoms with Crippen molar-refractivity contribution in [1.29, 1.82) is 0 Å². The Bertz CT molecular complexity index is 498. The van der Waals surface area contributed by atoms with E-state index in [2.05, 4.69) is 5.32 Å². The van der Waals surface area contributed by atoms with Crippen molar-refractivity contribution in [3.8, 4) is 5.75 Å². The Kier molecular flexibility index (Phi) is 3.96. The first-order valence-corrected chi connectivity index (χ1v) is 6.02. The van der Waals surface area contributed by atoms with Crippen molar-refractivity contribution in [2.24, 2.45) is 5.73 Å². The first-order chi connectivity index (χ1) is 9.08. The molecule has 1 heterocycles. The molecule has 7 nitrogen and oxygen atoms in total. The summed E-state index contributed by atoms with van der Waals surface area (Å²) in [6.45, 7) is 1.31. The molecule has 0 bridgehead atoms. The van der Waals surface area contributed by atoms with Crippen LogP contribution in [0, 0.1) is 10.1 Å². The number of rotatable bonds is 5. The Morgan fingerprint density at radius 1 is 1.58 bits per heavy atom. The normalized spacial score (nSPS) is 18.2. The fourth-order valence-corrected chi connectivity index (χ4v) is 2.02. The average molecular weight is 265 g/mol. The maximum Gasteiger partial charge on any atom is 0.311 e. The van der Waals surface area contributed by atoms with Gasteiger partial charge in [0, 0.05) is 17.7 Å². The van der Waals surface area contributed by atoms with Crippen LogP contribution in [0.2, 0.25) is 0 Å². The molecule has 2 rings (SSSR count). The molecule has 1 aliphatic heterocycles.